The summed E-state index contributed by atoms with van der Waals surface area (Å²) in [6, 6.07) is 4.22. The Morgan fingerprint density at radius 1 is 1.37 bits per heavy atom. The highest BCUT2D eigenvalue weighted by Gasteiger charge is 2.19. The lowest BCUT2D eigenvalue weighted by atomic mass is 10.0. The van der Waals surface area contributed by atoms with E-state index in [1.165, 1.54) is 12.1 Å². The molecule has 6 heteroatoms. The molecular formula is C13H16O6. The van der Waals surface area contributed by atoms with Crippen LogP contribution in [0.25, 0.3) is 0 Å². The summed E-state index contributed by atoms with van der Waals surface area (Å²) in [4.78, 5) is 21.8. The summed E-state index contributed by atoms with van der Waals surface area (Å²) in [7, 11) is 0. The highest BCUT2D eigenvalue weighted by atomic mass is 16.5. The van der Waals surface area contributed by atoms with Crippen molar-refractivity contribution in [1.29, 1.82) is 0 Å². The number of aliphatic hydroxyl groups is 1. The first kappa shape index (κ1) is 15.0. The first-order chi connectivity index (χ1) is 8.95. The molecule has 0 bridgehead atoms. The zero-order valence-electron chi connectivity index (χ0n) is 10.5. The number of aliphatic hydroxyl groups excluding tert-OH is 1. The summed E-state index contributed by atoms with van der Waals surface area (Å²) in [6.45, 7) is 2.03. The van der Waals surface area contributed by atoms with Gasteiger partial charge in [-0.15, -0.1) is 0 Å². The van der Waals surface area contributed by atoms with Crippen LogP contribution in [0.3, 0.4) is 0 Å². The maximum atomic E-state index is 11.2. The number of aliphatic carboxylic acids is 1. The van der Waals surface area contributed by atoms with Gasteiger partial charge in [-0.3, -0.25) is 4.79 Å². The van der Waals surface area contributed by atoms with E-state index in [9.17, 15) is 19.8 Å². The number of hydrogen-bond acceptors (Lipinski definition) is 5. The minimum Gasteiger partial charge on any atom is -0.508 e. The lowest BCUT2D eigenvalue weighted by Crippen LogP contribution is -2.11. The second-order valence-electron chi connectivity index (χ2n) is 3.94. The number of carbonyl (C=O) groups excluding carboxylic acids is 1. The van der Waals surface area contributed by atoms with E-state index in [0.29, 0.717) is 18.6 Å². The Hall–Kier alpha value is -2.08. The average molecular weight is 268 g/mol. The van der Waals surface area contributed by atoms with Gasteiger partial charge in [0.1, 0.15) is 5.75 Å². The Bertz CT molecular complexity index is 468. The molecule has 0 fully saturated rings. The third kappa shape index (κ3) is 4.26. The number of carbonyl (C=O) groups is 2. The molecule has 0 heterocycles. The van der Waals surface area contributed by atoms with Crippen LogP contribution in [-0.4, -0.2) is 33.9 Å². The maximum Gasteiger partial charge on any atom is 0.337 e. The normalized spacial score (nSPS) is 11.9. The van der Waals surface area contributed by atoms with Gasteiger partial charge in [0.05, 0.1) is 6.61 Å². The molecule has 1 aromatic carbocycles. The molecule has 0 saturated heterocycles. The van der Waals surface area contributed by atoms with E-state index in [4.69, 9.17) is 9.84 Å². The number of ether oxygens (including phenoxy) is 1. The molecule has 104 valence electrons. The fraction of sp³-hybridized carbons (Fsp3) is 0.385. The number of hydrogen-bond donors (Lipinski definition) is 3. The molecule has 0 aromatic heterocycles. The van der Waals surface area contributed by atoms with Crippen molar-refractivity contribution in [3.8, 4) is 5.75 Å². The van der Waals surface area contributed by atoms with Crippen LogP contribution >= 0.6 is 0 Å². The van der Waals surface area contributed by atoms with Gasteiger partial charge in [-0.25, -0.2) is 4.79 Å². The van der Waals surface area contributed by atoms with Gasteiger partial charge in [-0.2, -0.15) is 0 Å². The van der Waals surface area contributed by atoms with Gasteiger partial charge in [-0.05, 0) is 25.0 Å². The van der Waals surface area contributed by atoms with Gasteiger partial charge in [0.2, 0.25) is 0 Å². The van der Waals surface area contributed by atoms with E-state index in [0.717, 1.165) is 0 Å². The number of phenols is 1. The number of aromatic hydroxyl groups is 1. The molecule has 6 nitrogen and oxygen atoms in total. The molecule has 0 amide bonds. The fourth-order valence-corrected chi connectivity index (χ4v) is 1.59. The summed E-state index contributed by atoms with van der Waals surface area (Å²) < 4.78 is 4.77. The van der Waals surface area contributed by atoms with E-state index in [1.807, 2.05) is 0 Å². The number of carboxylic acids is 1. The van der Waals surface area contributed by atoms with E-state index in [2.05, 4.69) is 0 Å². The molecule has 1 atom stereocenters. The maximum absolute atomic E-state index is 11.2. The second kappa shape index (κ2) is 6.75. The molecule has 0 aliphatic carbocycles. The predicted molar refractivity (Wildman–Crippen MR) is 65.7 cm³/mol. The Labute approximate surface area is 110 Å². The van der Waals surface area contributed by atoms with Crippen molar-refractivity contribution in [3.63, 3.8) is 0 Å². The topological polar surface area (TPSA) is 104 Å². The standard InChI is InChI=1S/C13H16O6/c1-2-19-11(15)6-4-8-3-5-9(10(14)7-8)12(16)13(17)18/h3,5,7,12,14,16H,2,4,6H2,1H3,(H,17,18). The summed E-state index contributed by atoms with van der Waals surface area (Å²) in [5, 5.41) is 27.6. The molecule has 0 aliphatic rings. The van der Waals surface area contributed by atoms with Crippen LogP contribution in [0.15, 0.2) is 18.2 Å². The molecule has 1 rings (SSSR count). The minimum absolute atomic E-state index is 0.0765. The molecule has 0 radical (unpaired) electrons. The largest absolute Gasteiger partial charge is 0.508 e. The Morgan fingerprint density at radius 3 is 2.58 bits per heavy atom. The molecule has 1 aromatic rings. The van der Waals surface area contributed by atoms with E-state index in [-0.39, 0.29) is 23.7 Å². The van der Waals surface area contributed by atoms with Crippen molar-refractivity contribution in [3.05, 3.63) is 29.3 Å². The van der Waals surface area contributed by atoms with Gasteiger partial charge in [0.25, 0.3) is 0 Å². The van der Waals surface area contributed by atoms with E-state index >= 15 is 0 Å². The molecule has 0 aliphatic heterocycles. The molecule has 3 N–H and O–H groups in total. The number of esters is 1. The molecular weight excluding hydrogens is 252 g/mol. The summed E-state index contributed by atoms with van der Waals surface area (Å²) >= 11 is 0. The fourth-order valence-electron chi connectivity index (χ4n) is 1.59. The van der Waals surface area contributed by atoms with Crippen LogP contribution in [0.2, 0.25) is 0 Å². The van der Waals surface area contributed by atoms with Crippen molar-refractivity contribution in [2.24, 2.45) is 0 Å². The zero-order valence-corrected chi connectivity index (χ0v) is 10.5. The molecule has 0 spiro atoms. The van der Waals surface area contributed by atoms with Gasteiger partial charge >= 0.3 is 11.9 Å². The predicted octanol–water partition coefficient (Wildman–Crippen LogP) is 1.01. The van der Waals surface area contributed by atoms with E-state index < -0.39 is 12.1 Å². The van der Waals surface area contributed by atoms with Gasteiger partial charge in [0, 0.05) is 12.0 Å². The van der Waals surface area contributed by atoms with Crippen LogP contribution in [-0.2, 0) is 20.7 Å². The zero-order chi connectivity index (χ0) is 14.4. The van der Waals surface area contributed by atoms with Crippen LogP contribution in [0.5, 0.6) is 5.75 Å². The molecule has 19 heavy (non-hydrogen) atoms. The van der Waals surface area contributed by atoms with Crippen molar-refractivity contribution < 1.29 is 29.6 Å². The van der Waals surface area contributed by atoms with Crippen LogP contribution in [0.1, 0.15) is 30.6 Å². The van der Waals surface area contributed by atoms with Crippen LogP contribution < -0.4 is 0 Å². The highest BCUT2D eigenvalue weighted by molar-refractivity contribution is 5.75. The van der Waals surface area contributed by atoms with E-state index in [1.54, 1.807) is 13.0 Å². The van der Waals surface area contributed by atoms with Gasteiger partial charge in [0.15, 0.2) is 6.10 Å². The third-order valence-electron chi connectivity index (χ3n) is 2.55. The number of carboxylic acid groups (broad SMARTS) is 1. The molecule has 1 unspecified atom stereocenters. The SMILES string of the molecule is CCOC(=O)CCc1ccc(C(O)C(=O)O)c(O)c1. The summed E-state index contributed by atoms with van der Waals surface area (Å²) in [5.74, 6) is -2.08. The third-order valence-corrected chi connectivity index (χ3v) is 2.55. The number of phenolic OH excluding ortho intramolecular Hbond substituents is 1. The first-order valence-corrected chi connectivity index (χ1v) is 5.84. The Morgan fingerprint density at radius 2 is 2.05 bits per heavy atom. The minimum atomic E-state index is -1.76. The van der Waals surface area contributed by atoms with Crippen molar-refractivity contribution in [2.45, 2.75) is 25.9 Å². The molecule has 0 saturated carbocycles. The quantitative estimate of drug-likeness (QED) is 0.665. The number of rotatable bonds is 6. The van der Waals surface area contributed by atoms with Crippen molar-refractivity contribution in [2.75, 3.05) is 6.61 Å². The van der Waals surface area contributed by atoms with Crippen LogP contribution in [0.4, 0.5) is 0 Å². The number of benzene rings is 1. The number of aryl methyl sites for hydroxylation is 1. The second-order valence-corrected chi connectivity index (χ2v) is 3.94. The Kier molecular flexibility index (Phi) is 5.32. The highest BCUT2D eigenvalue weighted by Crippen LogP contribution is 2.26. The lowest BCUT2D eigenvalue weighted by Gasteiger charge is -2.10. The lowest BCUT2D eigenvalue weighted by molar-refractivity contribution is -0.147. The van der Waals surface area contributed by atoms with Gasteiger partial charge < -0.3 is 20.1 Å². The van der Waals surface area contributed by atoms with Gasteiger partial charge in [-0.1, -0.05) is 12.1 Å². The average Bonchev–Trinajstić information content (AvgIpc) is 2.36. The first-order valence-electron chi connectivity index (χ1n) is 5.84. The van der Waals surface area contributed by atoms with Crippen molar-refractivity contribution >= 4 is 11.9 Å². The van der Waals surface area contributed by atoms with Crippen LogP contribution in [0, 0.1) is 0 Å². The Balaban J connectivity index is 2.72. The summed E-state index contributed by atoms with van der Waals surface area (Å²) in [6.07, 6.45) is -1.22. The monoisotopic (exact) mass is 268 g/mol. The smallest absolute Gasteiger partial charge is 0.337 e. The van der Waals surface area contributed by atoms with Crippen molar-refractivity contribution in [1.82, 2.24) is 0 Å². The summed E-state index contributed by atoms with van der Waals surface area (Å²) in [5.41, 5.74) is 0.583.